The smallest absolute Gasteiger partial charge is 0.138 e. The molecule has 0 amide bonds. The van der Waals surface area contributed by atoms with E-state index in [-0.39, 0.29) is 5.41 Å². The molecule has 0 unspecified atom stereocenters. The van der Waals surface area contributed by atoms with Crippen LogP contribution in [0.1, 0.15) is 13.8 Å². The lowest BCUT2D eigenvalue weighted by Gasteiger charge is -2.30. The molecule has 1 heterocycles. The van der Waals surface area contributed by atoms with Crippen LogP contribution in [0.15, 0.2) is 24.3 Å². The first-order valence-electron chi connectivity index (χ1n) is 5.82. The van der Waals surface area contributed by atoms with Gasteiger partial charge in [0.15, 0.2) is 0 Å². The number of para-hydroxylation sites is 2. The van der Waals surface area contributed by atoms with E-state index < -0.39 is 0 Å². The Morgan fingerprint density at radius 1 is 1.31 bits per heavy atom. The predicted molar refractivity (Wildman–Crippen MR) is 67.0 cm³/mol. The average Bonchev–Trinajstić information content (AvgIpc) is 2.40. The molecule has 2 rings (SSSR count). The van der Waals surface area contributed by atoms with Gasteiger partial charge in [-0.05, 0) is 17.5 Å². The second kappa shape index (κ2) is 4.34. The maximum atomic E-state index is 9.86. The summed E-state index contributed by atoms with van der Waals surface area (Å²) >= 11 is 0. The summed E-state index contributed by atoms with van der Waals surface area (Å²) in [5.74, 6) is 0.375. The van der Waals surface area contributed by atoms with E-state index in [2.05, 4.69) is 24.1 Å². The molecule has 88 valence electrons. The number of hydrogen-bond donors (Lipinski definition) is 2. The second-order valence-electron chi connectivity index (χ2n) is 5.25. The second-order valence-corrected chi connectivity index (χ2v) is 5.25. The largest absolute Gasteiger partial charge is 0.506 e. The third-order valence-electron chi connectivity index (χ3n) is 3.00. The zero-order valence-electron chi connectivity index (χ0n) is 10.0. The average molecular weight is 220 g/mol. The van der Waals surface area contributed by atoms with E-state index in [9.17, 15) is 5.11 Å². The van der Waals surface area contributed by atoms with Gasteiger partial charge >= 0.3 is 0 Å². The zero-order valence-corrected chi connectivity index (χ0v) is 10.0. The molecule has 16 heavy (non-hydrogen) atoms. The molecule has 0 saturated carbocycles. The minimum absolute atomic E-state index is 0.235. The van der Waals surface area contributed by atoms with Gasteiger partial charge < -0.3 is 15.3 Å². The topological polar surface area (TPSA) is 35.5 Å². The van der Waals surface area contributed by atoms with Crippen LogP contribution in [0.25, 0.3) is 0 Å². The van der Waals surface area contributed by atoms with Crippen LogP contribution >= 0.6 is 0 Å². The van der Waals surface area contributed by atoms with Crippen molar-refractivity contribution < 1.29 is 5.11 Å². The first kappa shape index (κ1) is 11.3. The highest BCUT2D eigenvalue weighted by atomic mass is 16.3. The third-order valence-corrected chi connectivity index (χ3v) is 3.00. The number of benzene rings is 1. The van der Waals surface area contributed by atoms with Gasteiger partial charge in [-0.25, -0.2) is 0 Å². The highest BCUT2D eigenvalue weighted by Crippen LogP contribution is 2.29. The molecule has 1 fully saturated rings. The molecular weight excluding hydrogens is 200 g/mol. The van der Waals surface area contributed by atoms with Gasteiger partial charge in [-0.15, -0.1) is 0 Å². The molecule has 3 heteroatoms. The number of phenols is 1. The lowest BCUT2D eigenvalue weighted by Crippen LogP contribution is -2.35. The fourth-order valence-electron chi connectivity index (χ4n) is 2.23. The fourth-order valence-corrected chi connectivity index (χ4v) is 2.23. The summed E-state index contributed by atoms with van der Waals surface area (Å²) in [7, 11) is 0. The van der Waals surface area contributed by atoms with Crippen molar-refractivity contribution in [1.82, 2.24) is 5.32 Å². The number of anilines is 1. The van der Waals surface area contributed by atoms with Crippen molar-refractivity contribution in [2.45, 2.75) is 13.8 Å². The molecule has 0 atom stereocenters. The van der Waals surface area contributed by atoms with Crippen LogP contribution in [-0.2, 0) is 0 Å². The Morgan fingerprint density at radius 3 is 2.81 bits per heavy atom. The summed E-state index contributed by atoms with van der Waals surface area (Å²) < 4.78 is 0. The molecule has 0 radical (unpaired) electrons. The van der Waals surface area contributed by atoms with Crippen LogP contribution in [0, 0.1) is 5.41 Å². The normalized spacial score (nSPS) is 20.5. The minimum atomic E-state index is 0.235. The standard InChI is InChI=1S/C13H20N2O/c1-13(2)9-14-7-8-15(10-13)11-5-3-4-6-12(11)16/h3-6,14,16H,7-10H2,1-2H3. The Labute approximate surface area is 97.1 Å². The first-order chi connectivity index (χ1) is 7.58. The lowest BCUT2D eigenvalue weighted by atomic mass is 9.93. The third kappa shape index (κ3) is 2.47. The molecule has 0 bridgehead atoms. The van der Waals surface area contributed by atoms with Crippen LogP contribution in [0.2, 0.25) is 0 Å². The lowest BCUT2D eigenvalue weighted by molar-refractivity contribution is 0.369. The van der Waals surface area contributed by atoms with E-state index >= 15 is 0 Å². The Morgan fingerprint density at radius 2 is 2.06 bits per heavy atom. The number of aromatic hydroxyl groups is 1. The summed E-state index contributed by atoms with van der Waals surface area (Å²) in [6.07, 6.45) is 0. The van der Waals surface area contributed by atoms with Crippen LogP contribution in [0.4, 0.5) is 5.69 Å². The monoisotopic (exact) mass is 220 g/mol. The van der Waals surface area contributed by atoms with E-state index in [4.69, 9.17) is 0 Å². The van der Waals surface area contributed by atoms with Gasteiger partial charge in [0.2, 0.25) is 0 Å². The summed E-state index contributed by atoms with van der Waals surface area (Å²) in [4.78, 5) is 2.26. The van der Waals surface area contributed by atoms with Crippen molar-refractivity contribution in [1.29, 1.82) is 0 Å². The summed E-state index contributed by atoms with van der Waals surface area (Å²) in [5, 5.41) is 13.3. The Hall–Kier alpha value is -1.22. The highest BCUT2D eigenvalue weighted by molar-refractivity contribution is 5.57. The molecule has 0 aromatic heterocycles. The van der Waals surface area contributed by atoms with Crippen molar-refractivity contribution in [3.63, 3.8) is 0 Å². The molecule has 1 aromatic carbocycles. The van der Waals surface area contributed by atoms with E-state index in [0.29, 0.717) is 5.75 Å². The van der Waals surface area contributed by atoms with E-state index in [1.54, 1.807) is 6.07 Å². The molecule has 1 aliphatic heterocycles. The van der Waals surface area contributed by atoms with Crippen LogP contribution < -0.4 is 10.2 Å². The highest BCUT2D eigenvalue weighted by Gasteiger charge is 2.25. The van der Waals surface area contributed by atoms with E-state index in [1.807, 2.05) is 18.2 Å². The van der Waals surface area contributed by atoms with Gasteiger partial charge in [0.25, 0.3) is 0 Å². The van der Waals surface area contributed by atoms with Gasteiger partial charge in [-0.3, -0.25) is 0 Å². The van der Waals surface area contributed by atoms with Gasteiger partial charge in [0.1, 0.15) is 5.75 Å². The molecule has 1 aromatic rings. The number of phenolic OH excluding ortho intramolecular Hbond substituents is 1. The van der Waals surface area contributed by atoms with E-state index in [0.717, 1.165) is 31.9 Å². The Bertz CT molecular complexity index is 363. The van der Waals surface area contributed by atoms with Crippen LogP contribution in [0.5, 0.6) is 5.75 Å². The summed E-state index contributed by atoms with van der Waals surface area (Å²) in [6, 6.07) is 7.57. The maximum absolute atomic E-state index is 9.86. The maximum Gasteiger partial charge on any atom is 0.138 e. The number of nitrogens with one attached hydrogen (secondary N) is 1. The van der Waals surface area contributed by atoms with Crippen molar-refractivity contribution in [2.75, 3.05) is 31.1 Å². The fraction of sp³-hybridized carbons (Fsp3) is 0.538. The Balaban J connectivity index is 2.23. The number of nitrogens with zero attached hydrogens (tertiary/aromatic N) is 1. The van der Waals surface area contributed by atoms with Gasteiger partial charge in [-0.2, -0.15) is 0 Å². The molecule has 0 aliphatic carbocycles. The molecule has 1 aliphatic rings. The molecule has 1 saturated heterocycles. The first-order valence-corrected chi connectivity index (χ1v) is 5.82. The minimum Gasteiger partial charge on any atom is -0.506 e. The molecule has 0 spiro atoms. The summed E-state index contributed by atoms with van der Waals surface area (Å²) in [6.45, 7) is 8.41. The predicted octanol–water partition coefficient (Wildman–Crippen LogP) is 1.83. The van der Waals surface area contributed by atoms with E-state index in [1.165, 1.54) is 0 Å². The van der Waals surface area contributed by atoms with Crippen molar-refractivity contribution >= 4 is 5.69 Å². The SMILES string of the molecule is CC1(C)CNCCN(c2ccccc2O)C1. The van der Waals surface area contributed by atoms with Crippen LogP contribution in [0.3, 0.4) is 0 Å². The van der Waals surface area contributed by atoms with Gasteiger partial charge in [-0.1, -0.05) is 26.0 Å². The molecule has 2 N–H and O–H groups in total. The van der Waals surface area contributed by atoms with Crippen molar-refractivity contribution in [2.24, 2.45) is 5.41 Å². The van der Waals surface area contributed by atoms with Gasteiger partial charge in [0, 0.05) is 26.2 Å². The Kier molecular flexibility index (Phi) is 3.06. The van der Waals surface area contributed by atoms with Gasteiger partial charge in [0.05, 0.1) is 5.69 Å². The number of rotatable bonds is 1. The summed E-state index contributed by atoms with van der Waals surface area (Å²) in [5.41, 5.74) is 1.18. The zero-order chi connectivity index (χ0) is 11.6. The molecular formula is C13H20N2O. The molecule has 3 nitrogen and oxygen atoms in total. The van der Waals surface area contributed by atoms with Crippen molar-refractivity contribution in [3.8, 4) is 5.75 Å². The van der Waals surface area contributed by atoms with Crippen LogP contribution in [-0.4, -0.2) is 31.3 Å². The van der Waals surface area contributed by atoms with Crippen molar-refractivity contribution in [3.05, 3.63) is 24.3 Å². The number of hydrogen-bond acceptors (Lipinski definition) is 3. The quantitative estimate of drug-likeness (QED) is 0.758.